The third kappa shape index (κ3) is 2.68. The van der Waals surface area contributed by atoms with Crippen LogP contribution in [0.4, 0.5) is 0 Å². The van der Waals surface area contributed by atoms with Gasteiger partial charge in [0.2, 0.25) is 0 Å². The zero-order chi connectivity index (χ0) is 19.4. The molecule has 0 aliphatic rings. The molecule has 1 aromatic carbocycles. The zero-order valence-electron chi connectivity index (χ0n) is 15.2. The summed E-state index contributed by atoms with van der Waals surface area (Å²) in [7, 11) is -1.21. The Morgan fingerprint density at radius 1 is 0.962 bits per heavy atom. The molecular formula is C17H20N4O4S. The Balaban J connectivity index is 2.20. The van der Waals surface area contributed by atoms with E-state index in [0.717, 1.165) is 25.0 Å². The Kier molecular flexibility index (Phi) is 3.95. The van der Waals surface area contributed by atoms with E-state index in [9.17, 15) is 18.0 Å². The summed E-state index contributed by atoms with van der Waals surface area (Å²) >= 11 is 0. The van der Waals surface area contributed by atoms with E-state index in [2.05, 4.69) is 5.10 Å². The van der Waals surface area contributed by atoms with Gasteiger partial charge < -0.3 is 0 Å². The van der Waals surface area contributed by atoms with Gasteiger partial charge in [-0.3, -0.25) is 13.9 Å². The molecule has 0 radical (unpaired) electrons. The summed E-state index contributed by atoms with van der Waals surface area (Å²) < 4.78 is 28.5. The molecule has 2 heterocycles. The van der Waals surface area contributed by atoms with Gasteiger partial charge in [0, 0.05) is 14.1 Å². The van der Waals surface area contributed by atoms with Crippen LogP contribution in [0.15, 0.2) is 44.9 Å². The molecule has 3 aromatic rings. The average Bonchev–Trinajstić information content (AvgIpc) is 3.04. The molecular weight excluding hydrogens is 356 g/mol. The smallest absolute Gasteiger partial charge is 0.279 e. The predicted molar refractivity (Wildman–Crippen MR) is 97.9 cm³/mol. The number of aryl methyl sites for hydroxylation is 1. The van der Waals surface area contributed by atoms with Crippen LogP contribution in [0.3, 0.4) is 0 Å². The first-order valence-electron chi connectivity index (χ1n) is 7.96. The summed E-state index contributed by atoms with van der Waals surface area (Å²) in [6.45, 7) is 6.10. The number of nitrogens with zero attached hydrogens (tertiary/aromatic N) is 4. The third-order valence-electron chi connectivity index (χ3n) is 4.36. The molecule has 0 unspecified atom stereocenters. The van der Waals surface area contributed by atoms with Gasteiger partial charge in [0.25, 0.3) is 15.6 Å². The molecule has 0 aliphatic heterocycles. The van der Waals surface area contributed by atoms with Crippen molar-refractivity contribution in [2.45, 2.75) is 31.1 Å². The van der Waals surface area contributed by atoms with Gasteiger partial charge in [-0.1, -0.05) is 32.9 Å². The second-order valence-electron chi connectivity index (χ2n) is 7.22. The van der Waals surface area contributed by atoms with Gasteiger partial charge in [-0.2, -0.15) is 12.5 Å². The topological polar surface area (TPSA) is 96.0 Å². The highest BCUT2D eigenvalue weighted by Gasteiger charge is 2.22. The third-order valence-corrected chi connectivity index (χ3v) is 5.91. The van der Waals surface area contributed by atoms with Crippen LogP contribution < -0.4 is 11.2 Å². The molecule has 0 spiro atoms. The van der Waals surface area contributed by atoms with Crippen molar-refractivity contribution < 1.29 is 8.42 Å². The van der Waals surface area contributed by atoms with E-state index < -0.39 is 21.3 Å². The summed E-state index contributed by atoms with van der Waals surface area (Å²) in [4.78, 5) is 24.3. The Morgan fingerprint density at radius 3 is 2.08 bits per heavy atom. The zero-order valence-corrected chi connectivity index (χ0v) is 16.0. The van der Waals surface area contributed by atoms with Gasteiger partial charge in [-0.25, -0.2) is 4.79 Å². The van der Waals surface area contributed by atoms with Crippen LogP contribution >= 0.6 is 0 Å². The molecule has 3 rings (SSSR count). The lowest BCUT2D eigenvalue weighted by Gasteiger charge is -2.19. The minimum absolute atomic E-state index is 0.0213. The number of aromatic nitrogens is 4. The summed E-state index contributed by atoms with van der Waals surface area (Å²) in [5, 5.41) is 4.03. The van der Waals surface area contributed by atoms with Crippen LogP contribution in [0.5, 0.6) is 0 Å². The fraction of sp³-hybridized carbons (Fsp3) is 0.353. The molecule has 0 bridgehead atoms. The minimum Gasteiger partial charge on any atom is -0.279 e. The van der Waals surface area contributed by atoms with Gasteiger partial charge in [-0.05, 0) is 23.1 Å². The second-order valence-corrected chi connectivity index (χ2v) is 9.02. The Morgan fingerprint density at radius 2 is 1.54 bits per heavy atom. The Hall–Kier alpha value is -2.68. The number of rotatable bonds is 2. The van der Waals surface area contributed by atoms with Gasteiger partial charge in [0.15, 0.2) is 5.65 Å². The maximum atomic E-state index is 12.9. The standard InChI is InChI=1S/C17H20N4O4S/c1-17(2,3)11-6-8-12(9-7-11)26(24,25)21-10-13-14(18-21)19(4)16(23)20(5)15(13)22/h6-10H,1-5H3. The van der Waals surface area contributed by atoms with Crippen molar-refractivity contribution in [1.29, 1.82) is 0 Å². The molecule has 138 valence electrons. The lowest BCUT2D eigenvalue weighted by Crippen LogP contribution is -2.36. The monoisotopic (exact) mass is 376 g/mol. The van der Waals surface area contributed by atoms with E-state index in [1.54, 1.807) is 12.1 Å². The molecule has 2 aromatic heterocycles. The lowest BCUT2D eigenvalue weighted by atomic mass is 9.87. The van der Waals surface area contributed by atoms with Crippen molar-refractivity contribution in [2.24, 2.45) is 14.1 Å². The second kappa shape index (κ2) is 5.66. The molecule has 26 heavy (non-hydrogen) atoms. The van der Waals surface area contributed by atoms with Crippen molar-refractivity contribution in [1.82, 2.24) is 18.3 Å². The molecule has 0 N–H and O–H groups in total. The van der Waals surface area contributed by atoms with Crippen molar-refractivity contribution in [3.05, 3.63) is 56.9 Å². The van der Waals surface area contributed by atoms with Crippen LogP contribution in [0.25, 0.3) is 11.0 Å². The van der Waals surface area contributed by atoms with E-state index in [1.807, 2.05) is 20.8 Å². The first-order chi connectivity index (χ1) is 11.9. The fourth-order valence-electron chi connectivity index (χ4n) is 2.68. The Labute approximate surface area is 150 Å². The fourth-order valence-corrected chi connectivity index (χ4v) is 3.81. The van der Waals surface area contributed by atoms with Gasteiger partial charge in [-0.15, -0.1) is 5.10 Å². The molecule has 9 heteroatoms. The molecule has 0 saturated heterocycles. The summed E-state index contributed by atoms with van der Waals surface area (Å²) in [6, 6.07) is 6.54. The SMILES string of the molecule is Cn1c(=O)c2cn(S(=O)(=O)c3ccc(C(C)(C)C)cc3)nc2n(C)c1=O. The highest BCUT2D eigenvalue weighted by Crippen LogP contribution is 2.24. The molecule has 8 nitrogen and oxygen atoms in total. The van der Waals surface area contributed by atoms with E-state index in [0.29, 0.717) is 0 Å². The average molecular weight is 376 g/mol. The van der Waals surface area contributed by atoms with Gasteiger partial charge in [0.1, 0.15) is 5.39 Å². The number of benzene rings is 1. The normalized spacial score (nSPS) is 12.7. The number of hydrogen-bond acceptors (Lipinski definition) is 5. The van der Waals surface area contributed by atoms with E-state index in [1.165, 1.54) is 26.2 Å². The van der Waals surface area contributed by atoms with Crippen LogP contribution in [-0.2, 0) is 29.5 Å². The summed E-state index contributed by atoms with van der Waals surface area (Å²) in [6.07, 6.45) is 1.14. The van der Waals surface area contributed by atoms with Gasteiger partial charge in [0.05, 0.1) is 11.1 Å². The van der Waals surface area contributed by atoms with Crippen molar-refractivity contribution in [3.8, 4) is 0 Å². The van der Waals surface area contributed by atoms with Crippen LogP contribution in [0.2, 0.25) is 0 Å². The molecule has 0 saturated carbocycles. The van der Waals surface area contributed by atoms with E-state index in [4.69, 9.17) is 0 Å². The van der Waals surface area contributed by atoms with E-state index in [-0.39, 0.29) is 21.3 Å². The predicted octanol–water partition coefficient (Wildman–Crippen LogP) is 0.968. The summed E-state index contributed by atoms with van der Waals surface area (Å²) in [5.41, 5.74) is -0.244. The maximum Gasteiger partial charge on any atom is 0.332 e. The Bertz CT molecular complexity index is 1220. The number of fused-ring (bicyclic) bond motifs is 1. The molecule has 0 atom stereocenters. The largest absolute Gasteiger partial charge is 0.332 e. The maximum absolute atomic E-state index is 12.9. The van der Waals surface area contributed by atoms with Crippen molar-refractivity contribution in [2.75, 3.05) is 0 Å². The minimum atomic E-state index is -3.98. The quantitative estimate of drug-likeness (QED) is 0.664. The molecule has 0 amide bonds. The molecule has 0 fully saturated rings. The van der Waals surface area contributed by atoms with Crippen LogP contribution in [-0.4, -0.2) is 26.7 Å². The first-order valence-corrected chi connectivity index (χ1v) is 9.40. The van der Waals surface area contributed by atoms with Crippen molar-refractivity contribution >= 4 is 21.1 Å². The van der Waals surface area contributed by atoms with Gasteiger partial charge >= 0.3 is 5.69 Å². The number of hydrogen-bond donors (Lipinski definition) is 0. The lowest BCUT2D eigenvalue weighted by molar-refractivity contribution is 0.577. The van der Waals surface area contributed by atoms with Crippen LogP contribution in [0.1, 0.15) is 26.3 Å². The summed E-state index contributed by atoms with van der Waals surface area (Å²) in [5.74, 6) is 0. The first kappa shape index (κ1) is 18.1. The highest BCUT2D eigenvalue weighted by molar-refractivity contribution is 7.89. The van der Waals surface area contributed by atoms with E-state index >= 15 is 0 Å². The van der Waals surface area contributed by atoms with Crippen LogP contribution in [0, 0.1) is 0 Å². The molecule has 0 aliphatic carbocycles. The highest BCUT2D eigenvalue weighted by atomic mass is 32.2. The van der Waals surface area contributed by atoms with Crippen molar-refractivity contribution in [3.63, 3.8) is 0 Å².